The van der Waals surface area contributed by atoms with Crippen molar-refractivity contribution in [1.82, 2.24) is 19.5 Å². The second-order valence-electron chi connectivity index (χ2n) is 6.89. The van der Waals surface area contributed by atoms with Gasteiger partial charge in [0.2, 0.25) is 0 Å². The Balaban J connectivity index is 1.89. The molecule has 0 amide bonds. The number of para-hydroxylation sites is 1. The largest absolute Gasteiger partial charge is 0.478 e. The number of carboxylic acids is 1. The molecule has 1 N–H and O–H groups in total. The number of pyridine rings is 2. The minimum absolute atomic E-state index is 0.151. The Morgan fingerprint density at radius 2 is 1.80 bits per heavy atom. The van der Waals surface area contributed by atoms with Gasteiger partial charge in [-0.25, -0.2) is 9.78 Å². The molecule has 0 bridgehead atoms. The average Bonchev–Trinajstić information content (AvgIpc) is 3.09. The normalized spacial score (nSPS) is 11.3. The monoisotopic (exact) mass is 414 g/mol. The van der Waals surface area contributed by atoms with Crippen molar-refractivity contribution in [1.29, 1.82) is 0 Å². The Labute approximate surface area is 176 Å². The summed E-state index contributed by atoms with van der Waals surface area (Å²) in [6.45, 7) is 1.86. The molecule has 0 spiro atoms. The van der Waals surface area contributed by atoms with Crippen molar-refractivity contribution in [2.75, 3.05) is 0 Å². The SMILES string of the molecule is Cc1nc2c(C(=O)O)cc(-c3ccncc3)cc2n1-c1ccnc2c(Cl)cccc12. The molecule has 0 saturated carbocycles. The topological polar surface area (TPSA) is 80.9 Å². The molecule has 0 aliphatic rings. The molecule has 0 radical (unpaired) electrons. The van der Waals surface area contributed by atoms with E-state index in [-0.39, 0.29) is 5.56 Å². The fraction of sp³-hybridized carbons (Fsp3) is 0.0435. The number of carboxylic acid groups (broad SMARTS) is 1. The van der Waals surface area contributed by atoms with Crippen molar-refractivity contribution >= 4 is 39.5 Å². The number of hydrogen-bond donors (Lipinski definition) is 1. The van der Waals surface area contributed by atoms with Gasteiger partial charge in [-0.3, -0.25) is 14.5 Å². The number of rotatable bonds is 3. The predicted octanol–water partition coefficient (Wildman–Crippen LogP) is 5.30. The van der Waals surface area contributed by atoms with Crippen LogP contribution in [0.2, 0.25) is 5.02 Å². The van der Waals surface area contributed by atoms with Gasteiger partial charge in [-0.2, -0.15) is 0 Å². The summed E-state index contributed by atoms with van der Waals surface area (Å²) in [4.78, 5) is 25.1. The minimum Gasteiger partial charge on any atom is -0.478 e. The molecule has 146 valence electrons. The van der Waals surface area contributed by atoms with Crippen molar-refractivity contribution in [3.8, 4) is 16.8 Å². The molecule has 3 heterocycles. The lowest BCUT2D eigenvalue weighted by Gasteiger charge is -2.12. The fourth-order valence-corrected chi connectivity index (χ4v) is 4.02. The van der Waals surface area contributed by atoms with Crippen molar-refractivity contribution in [3.05, 3.63) is 83.5 Å². The summed E-state index contributed by atoms with van der Waals surface area (Å²) in [6.07, 6.45) is 5.06. The number of nitrogens with zero attached hydrogens (tertiary/aromatic N) is 4. The van der Waals surface area contributed by atoms with Gasteiger partial charge in [0.1, 0.15) is 11.3 Å². The number of benzene rings is 2. The Kier molecular flexibility index (Phi) is 4.22. The molecule has 0 aliphatic carbocycles. The maximum Gasteiger partial charge on any atom is 0.337 e. The Morgan fingerprint density at radius 3 is 2.57 bits per heavy atom. The van der Waals surface area contributed by atoms with Crippen LogP contribution in [-0.4, -0.2) is 30.6 Å². The molecule has 2 aromatic carbocycles. The molecule has 7 heteroatoms. The van der Waals surface area contributed by atoms with Crippen LogP contribution >= 0.6 is 11.6 Å². The van der Waals surface area contributed by atoms with Crippen LogP contribution in [0, 0.1) is 6.92 Å². The van der Waals surface area contributed by atoms with Gasteiger partial charge >= 0.3 is 5.97 Å². The predicted molar refractivity (Wildman–Crippen MR) is 116 cm³/mol. The quantitative estimate of drug-likeness (QED) is 0.433. The van der Waals surface area contributed by atoms with Crippen LogP contribution in [0.3, 0.4) is 0 Å². The van der Waals surface area contributed by atoms with Crippen molar-refractivity contribution < 1.29 is 9.90 Å². The third-order valence-electron chi connectivity index (χ3n) is 5.11. The zero-order valence-corrected chi connectivity index (χ0v) is 16.6. The van der Waals surface area contributed by atoms with Gasteiger partial charge < -0.3 is 5.11 Å². The third-order valence-corrected chi connectivity index (χ3v) is 5.42. The highest BCUT2D eigenvalue weighted by Crippen LogP contribution is 2.33. The lowest BCUT2D eigenvalue weighted by Crippen LogP contribution is -2.01. The van der Waals surface area contributed by atoms with E-state index >= 15 is 0 Å². The number of aromatic carboxylic acids is 1. The highest BCUT2D eigenvalue weighted by atomic mass is 35.5. The van der Waals surface area contributed by atoms with Crippen molar-refractivity contribution in [2.45, 2.75) is 6.92 Å². The van der Waals surface area contributed by atoms with E-state index in [4.69, 9.17) is 11.6 Å². The van der Waals surface area contributed by atoms with Gasteiger partial charge in [0, 0.05) is 24.0 Å². The van der Waals surface area contributed by atoms with E-state index in [2.05, 4.69) is 15.0 Å². The molecule has 5 aromatic rings. The first-order chi connectivity index (χ1) is 14.5. The van der Waals surface area contributed by atoms with E-state index in [1.807, 2.05) is 47.9 Å². The van der Waals surface area contributed by atoms with Gasteiger partial charge in [0.15, 0.2) is 0 Å². The van der Waals surface area contributed by atoms with Gasteiger partial charge in [0.05, 0.1) is 27.3 Å². The number of aromatic nitrogens is 4. The second-order valence-corrected chi connectivity index (χ2v) is 7.30. The minimum atomic E-state index is -1.02. The van der Waals surface area contributed by atoms with Gasteiger partial charge in [-0.15, -0.1) is 0 Å². The summed E-state index contributed by atoms with van der Waals surface area (Å²) < 4.78 is 1.95. The lowest BCUT2D eigenvalue weighted by atomic mass is 10.0. The summed E-state index contributed by atoms with van der Waals surface area (Å²) in [7, 11) is 0. The zero-order chi connectivity index (χ0) is 20.8. The number of aryl methyl sites for hydroxylation is 1. The zero-order valence-electron chi connectivity index (χ0n) is 15.9. The number of hydrogen-bond acceptors (Lipinski definition) is 4. The van der Waals surface area contributed by atoms with Crippen LogP contribution in [0.4, 0.5) is 0 Å². The molecule has 5 rings (SSSR count). The van der Waals surface area contributed by atoms with E-state index in [0.717, 1.165) is 22.2 Å². The average molecular weight is 415 g/mol. The van der Waals surface area contributed by atoms with E-state index in [9.17, 15) is 9.90 Å². The number of fused-ring (bicyclic) bond motifs is 2. The molecule has 0 unspecified atom stereocenters. The van der Waals surface area contributed by atoms with E-state index in [1.54, 1.807) is 30.7 Å². The van der Waals surface area contributed by atoms with Crippen molar-refractivity contribution in [2.24, 2.45) is 0 Å². The van der Waals surface area contributed by atoms with Crippen LogP contribution in [0.5, 0.6) is 0 Å². The number of halogens is 1. The summed E-state index contributed by atoms with van der Waals surface area (Å²) in [5.41, 5.74) is 4.46. The molecular weight excluding hydrogens is 400 g/mol. The molecule has 0 aliphatic heterocycles. The molecule has 0 atom stereocenters. The van der Waals surface area contributed by atoms with E-state index < -0.39 is 5.97 Å². The van der Waals surface area contributed by atoms with Crippen LogP contribution in [0.25, 0.3) is 38.8 Å². The van der Waals surface area contributed by atoms with E-state index in [1.165, 1.54) is 0 Å². The summed E-state index contributed by atoms with van der Waals surface area (Å²) in [5, 5.41) is 11.3. The highest BCUT2D eigenvalue weighted by Gasteiger charge is 2.20. The second kappa shape index (κ2) is 6.93. The first kappa shape index (κ1) is 18.3. The van der Waals surface area contributed by atoms with Crippen molar-refractivity contribution in [3.63, 3.8) is 0 Å². The Hall–Kier alpha value is -3.77. The number of carbonyl (C=O) groups is 1. The first-order valence-corrected chi connectivity index (χ1v) is 9.63. The van der Waals surface area contributed by atoms with Crippen LogP contribution in [0.15, 0.2) is 67.1 Å². The lowest BCUT2D eigenvalue weighted by molar-refractivity contribution is 0.0699. The molecule has 6 nitrogen and oxygen atoms in total. The van der Waals surface area contributed by atoms with Crippen LogP contribution in [-0.2, 0) is 0 Å². The highest BCUT2D eigenvalue weighted by molar-refractivity contribution is 6.35. The van der Waals surface area contributed by atoms with Crippen LogP contribution in [0.1, 0.15) is 16.2 Å². The standard InChI is InChI=1S/C23H15ClN4O2/c1-13-27-22-17(23(29)30)11-15(14-5-8-25-9-6-14)12-20(22)28(13)19-7-10-26-21-16(19)3-2-4-18(21)24/h2-12H,1H3,(H,29,30). The summed E-state index contributed by atoms with van der Waals surface area (Å²) in [5.74, 6) is -0.352. The van der Waals surface area contributed by atoms with Gasteiger partial charge in [0.25, 0.3) is 0 Å². The fourth-order valence-electron chi connectivity index (χ4n) is 3.79. The third kappa shape index (κ3) is 2.81. The maximum absolute atomic E-state index is 12.0. The number of imidazole rings is 1. The van der Waals surface area contributed by atoms with E-state index in [0.29, 0.717) is 27.4 Å². The summed E-state index contributed by atoms with van der Waals surface area (Å²) >= 11 is 6.35. The first-order valence-electron chi connectivity index (χ1n) is 9.25. The Morgan fingerprint density at radius 1 is 1.00 bits per heavy atom. The Bertz CT molecular complexity index is 1440. The molecule has 0 fully saturated rings. The molecule has 3 aromatic heterocycles. The smallest absolute Gasteiger partial charge is 0.337 e. The molecule has 0 saturated heterocycles. The summed E-state index contributed by atoms with van der Waals surface area (Å²) in [6, 6.07) is 14.8. The van der Waals surface area contributed by atoms with Crippen LogP contribution < -0.4 is 0 Å². The maximum atomic E-state index is 12.0. The van der Waals surface area contributed by atoms with Gasteiger partial charge in [-0.05, 0) is 54.4 Å². The molecular formula is C23H15ClN4O2. The molecule has 30 heavy (non-hydrogen) atoms. The van der Waals surface area contributed by atoms with Gasteiger partial charge in [-0.1, -0.05) is 23.7 Å².